The number of halogens is 1. The van der Waals surface area contributed by atoms with Gasteiger partial charge in [-0.05, 0) is 53.1 Å². The van der Waals surface area contributed by atoms with Crippen LogP contribution in [0, 0.1) is 5.82 Å². The van der Waals surface area contributed by atoms with Gasteiger partial charge >= 0.3 is 0 Å². The predicted octanol–water partition coefficient (Wildman–Crippen LogP) is 5.77. The van der Waals surface area contributed by atoms with Crippen LogP contribution in [-0.4, -0.2) is 35.7 Å². The van der Waals surface area contributed by atoms with E-state index in [1.54, 1.807) is 12.1 Å². The Balaban J connectivity index is 1.46. The van der Waals surface area contributed by atoms with E-state index in [1.807, 2.05) is 97.1 Å². The van der Waals surface area contributed by atoms with Crippen molar-refractivity contribution in [2.24, 2.45) is 4.99 Å². The molecular weight excluding hydrogens is 545 g/mol. The van der Waals surface area contributed by atoms with E-state index in [0.717, 1.165) is 16.7 Å². The van der Waals surface area contributed by atoms with Gasteiger partial charge < -0.3 is 14.6 Å². The first-order valence-electron chi connectivity index (χ1n) is 14.2. The zero-order valence-electron chi connectivity index (χ0n) is 23.7. The Labute approximate surface area is 250 Å². The third-order valence-corrected chi connectivity index (χ3v) is 7.08. The SMILES string of the molecule is O=C(NNCc1ccc(F)cc1)[C@@]1(C/C=C/c2ccccc2)N=C(c2ccc(OCCCO)cc2)O[C@H]1c1ccccc1. The molecule has 0 aliphatic carbocycles. The number of amides is 1. The van der Waals surface area contributed by atoms with E-state index in [4.69, 9.17) is 19.6 Å². The average molecular weight is 580 g/mol. The van der Waals surface area contributed by atoms with Gasteiger partial charge in [0.05, 0.1) is 6.61 Å². The van der Waals surface area contributed by atoms with Crippen LogP contribution in [0.1, 0.15) is 41.2 Å². The van der Waals surface area contributed by atoms with Gasteiger partial charge in [0.2, 0.25) is 5.90 Å². The molecule has 2 atom stereocenters. The smallest absolute Gasteiger partial charge is 0.266 e. The van der Waals surface area contributed by atoms with Gasteiger partial charge in [-0.15, -0.1) is 0 Å². The molecule has 5 rings (SSSR count). The zero-order chi connectivity index (χ0) is 29.9. The number of aliphatic hydroxyl groups is 1. The molecule has 0 spiro atoms. The molecule has 1 heterocycles. The first-order valence-corrected chi connectivity index (χ1v) is 14.2. The monoisotopic (exact) mass is 579 g/mol. The Bertz CT molecular complexity index is 1530. The fraction of sp³-hybridized carbons (Fsp3) is 0.200. The summed E-state index contributed by atoms with van der Waals surface area (Å²) < 4.78 is 25.5. The minimum Gasteiger partial charge on any atom is -0.494 e. The highest BCUT2D eigenvalue weighted by atomic mass is 19.1. The summed E-state index contributed by atoms with van der Waals surface area (Å²) in [6.07, 6.45) is 4.00. The molecule has 0 unspecified atom stereocenters. The molecule has 8 heteroatoms. The average Bonchev–Trinajstić information content (AvgIpc) is 3.44. The van der Waals surface area contributed by atoms with E-state index < -0.39 is 11.6 Å². The largest absolute Gasteiger partial charge is 0.494 e. The second-order valence-corrected chi connectivity index (χ2v) is 10.2. The maximum Gasteiger partial charge on any atom is 0.266 e. The molecule has 1 aliphatic rings. The molecule has 1 amide bonds. The van der Waals surface area contributed by atoms with E-state index in [0.29, 0.717) is 36.8 Å². The molecule has 0 saturated heterocycles. The van der Waals surface area contributed by atoms with Crippen LogP contribution >= 0.6 is 0 Å². The zero-order valence-corrected chi connectivity index (χ0v) is 23.7. The Morgan fingerprint density at radius 2 is 1.65 bits per heavy atom. The maximum absolute atomic E-state index is 14.1. The predicted molar refractivity (Wildman–Crippen MR) is 165 cm³/mol. The first kappa shape index (κ1) is 29.7. The lowest BCUT2D eigenvalue weighted by atomic mass is 9.84. The number of nitrogens with one attached hydrogen (secondary N) is 2. The number of benzene rings is 4. The van der Waals surface area contributed by atoms with Crippen molar-refractivity contribution in [3.63, 3.8) is 0 Å². The molecule has 0 aromatic heterocycles. The maximum atomic E-state index is 14.1. The van der Waals surface area contributed by atoms with E-state index in [9.17, 15) is 9.18 Å². The molecule has 0 saturated carbocycles. The number of ether oxygens (including phenoxy) is 2. The molecule has 0 radical (unpaired) electrons. The van der Waals surface area contributed by atoms with Crippen molar-refractivity contribution in [3.05, 3.63) is 143 Å². The third-order valence-electron chi connectivity index (χ3n) is 7.08. The van der Waals surface area contributed by atoms with E-state index in [2.05, 4.69) is 10.9 Å². The number of carbonyl (C=O) groups is 1. The van der Waals surface area contributed by atoms with Crippen LogP contribution in [0.4, 0.5) is 4.39 Å². The molecule has 4 aromatic carbocycles. The summed E-state index contributed by atoms with van der Waals surface area (Å²) >= 11 is 0. The van der Waals surface area contributed by atoms with Crippen molar-refractivity contribution in [1.82, 2.24) is 10.9 Å². The number of hydrogen-bond donors (Lipinski definition) is 3. The van der Waals surface area contributed by atoms with E-state index in [1.165, 1.54) is 12.1 Å². The van der Waals surface area contributed by atoms with Crippen LogP contribution in [0.25, 0.3) is 6.08 Å². The highest BCUT2D eigenvalue weighted by molar-refractivity contribution is 6.01. The molecule has 3 N–H and O–H groups in total. The number of aliphatic hydroxyl groups excluding tert-OH is 1. The Morgan fingerprint density at radius 3 is 2.35 bits per heavy atom. The first-order chi connectivity index (χ1) is 21.1. The minimum absolute atomic E-state index is 0.0607. The van der Waals surface area contributed by atoms with Crippen LogP contribution in [0.2, 0.25) is 0 Å². The summed E-state index contributed by atoms with van der Waals surface area (Å²) in [5.41, 5.74) is 7.82. The number of hydrogen-bond acceptors (Lipinski definition) is 6. The number of aliphatic imine (C=N–C) groups is 1. The Kier molecular flexibility index (Phi) is 9.94. The normalized spacial score (nSPS) is 17.8. The number of nitrogens with zero attached hydrogens (tertiary/aromatic N) is 1. The molecule has 0 fully saturated rings. The van der Waals surface area contributed by atoms with Crippen molar-refractivity contribution in [2.45, 2.75) is 31.0 Å². The van der Waals surface area contributed by atoms with Crippen LogP contribution in [0.3, 0.4) is 0 Å². The molecule has 1 aliphatic heterocycles. The number of rotatable bonds is 13. The molecule has 220 valence electrons. The summed E-state index contributed by atoms with van der Waals surface area (Å²) in [5.74, 6) is 0.324. The van der Waals surface area contributed by atoms with Crippen LogP contribution in [0.15, 0.2) is 120 Å². The van der Waals surface area contributed by atoms with Gasteiger partial charge in [0.15, 0.2) is 11.6 Å². The van der Waals surface area contributed by atoms with Crippen LogP contribution in [-0.2, 0) is 16.1 Å². The summed E-state index contributed by atoms with van der Waals surface area (Å²) in [6, 6.07) is 32.8. The van der Waals surface area contributed by atoms with Crippen molar-refractivity contribution >= 4 is 17.9 Å². The highest BCUT2D eigenvalue weighted by Crippen LogP contribution is 2.42. The number of carbonyl (C=O) groups excluding carboxylic acids is 1. The highest BCUT2D eigenvalue weighted by Gasteiger charge is 2.52. The Hall–Kier alpha value is -4.79. The third kappa shape index (κ3) is 7.54. The second kappa shape index (κ2) is 14.4. The van der Waals surface area contributed by atoms with Crippen LogP contribution < -0.4 is 15.6 Å². The van der Waals surface area contributed by atoms with Gasteiger partial charge in [-0.2, -0.15) is 0 Å². The quantitative estimate of drug-likeness (QED) is 0.138. The fourth-order valence-corrected chi connectivity index (χ4v) is 4.82. The van der Waals surface area contributed by atoms with Gasteiger partial charge in [0.1, 0.15) is 11.6 Å². The minimum atomic E-state index is -1.34. The lowest BCUT2D eigenvalue weighted by molar-refractivity contribution is -0.129. The fourth-order valence-electron chi connectivity index (χ4n) is 4.82. The summed E-state index contributed by atoms with van der Waals surface area (Å²) in [7, 11) is 0. The topological polar surface area (TPSA) is 92.2 Å². The lowest BCUT2D eigenvalue weighted by Gasteiger charge is -2.29. The van der Waals surface area contributed by atoms with Gasteiger partial charge in [-0.25, -0.2) is 14.8 Å². The summed E-state index contributed by atoms with van der Waals surface area (Å²) in [5, 5.41) is 9.03. The van der Waals surface area contributed by atoms with Gasteiger partial charge in [-0.1, -0.05) is 84.9 Å². The summed E-state index contributed by atoms with van der Waals surface area (Å²) in [4.78, 5) is 19.1. The standard InChI is InChI=1S/C35H34FN3O4/c36-30-18-14-27(15-19-30)25-37-39-34(41)35(22-7-11-26-9-3-1-4-10-26)32(28-12-5-2-6-13-28)43-33(38-35)29-16-20-31(21-17-29)42-24-8-23-40/h1-7,9-21,32,37,40H,8,22-25H2,(H,39,41)/b11-7+/t32-,35-/m0/s1. The van der Waals surface area contributed by atoms with E-state index in [-0.39, 0.29) is 24.8 Å². The van der Waals surface area contributed by atoms with Gasteiger partial charge in [-0.3, -0.25) is 10.2 Å². The van der Waals surface area contributed by atoms with Crippen molar-refractivity contribution in [2.75, 3.05) is 13.2 Å². The molecule has 7 nitrogen and oxygen atoms in total. The summed E-state index contributed by atoms with van der Waals surface area (Å²) in [6.45, 7) is 0.768. The molecule has 0 bridgehead atoms. The van der Waals surface area contributed by atoms with Crippen molar-refractivity contribution in [1.29, 1.82) is 0 Å². The van der Waals surface area contributed by atoms with Gasteiger partial charge in [0, 0.05) is 31.6 Å². The Morgan fingerprint density at radius 1 is 0.953 bits per heavy atom. The van der Waals surface area contributed by atoms with Crippen LogP contribution in [0.5, 0.6) is 5.75 Å². The van der Waals surface area contributed by atoms with Crippen molar-refractivity contribution in [3.8, 4) is 5.75 Å². The molecular formula is C35H34FN3O4. The van der Waals surface area contributed by atoms with Crippen molar-refractivity contribution < 1.29 is 23.8 Å². The number of hydrazine groups is 1. The second-order valence-electron chi connectivity index (χ2n) is 10.2. The van der Waals surface area contributed by atoms with E-state index >= 15 is 0 Å². The lowest BCUT2D eigenvalue weighted by Crippen LogP contribution is -2.52. The molecule has 4 aromatic rings. The molecule has 43 heavy (non-hydrogen) atoms. The van der Waals surface area contributed by atoms with Gasteiger partial charge in [0.25, 0.3) is 5.91 Å².